The van der Waals surface area contributed by atoms with E-state index in [1.807, 2.05) is 24.3 Å². The SMILES string of the molecule is CC(C)C(=O)C1=C(O)C(=O)N(c2nc3ccccc3[nH]2)C1c1ccccn1. The van der Waals surface area contributed by atoms with Gasteiger partial charge in [0.2, 0.25) is 5.95 Å². The number of carbonyl (C=O) groups is 2. The van der Waals surface area contributed by atoms with Crippen LogP contribution in [0.25, 0.3) is 11.0 Å². The summed E-state index contributed by atoms with van der Waals surface area (Å²) < 4.78 is 0. The highest BCUT2D eigenvalue weighted by molar-refractivity contribution is 6.16. The number of ketones is 1. The van der Waals surface area contributed by atoms with Gasteiger partial charge in [0.05, 0.1) is 22.3 Å². The molecule has 0 radical (unpaired) electrons. The molecule has 3 heterocycles. The van der Waals surface area contributed by atoms with Crippen molar-refractivity contribution in [3.8, 4) is 0 Å². The predicted molar refractivity (Wildman–Crippen MR) is 100 cm³/mol. The molecule has 0 saturated heterocycles. The first-order chi connectivity index (χ1) is 13.0. The first kappa shape index (κ1) is 17.0. The number of nitrogens with one attached hydrogen (secondary N) is 1. The maximum Gasteiger partial charge on any atom is 0.296 e. The lowest BCUT2D eigenvalue weighted by Crippen LogP contribution is -2.32. The molecule has 1 aliphatic rings. The number of anilines is 1. The van der Waals surface area contributed by atoms with Gasteiger partial charge in [-0.3, -0.25) is 19.5 Å². The third-order valence-corrected chi connectivity index (χ3v) is 4.57. The summed E-state index contributed by atoms with van der Waals surface area (Å²) in [5, 5.41) is 10.5. The zero-order valence-electron chi connectivity index (χ0n) is 14.9. The molecule has 0 bridgehead atoms. The summed E-state index contributed by atoms with van der Waals surface area (Å²) in [5.41, 5.74) is 1.97. The van der Waals surface area contributed by atoms with Crippen molar-refractivity contribution in [3.63, 3.8) is 0 Å². The Kier molecular flexibility index (Phi) is 3.99. The fourth-order valence-corrected chi connectivity index (χ4v) is 3.26. The number of hydrogen-bond acceptors (Lipinski definition) is 5. The third kappa shape index (κ3) is 2.68. The number of aromatic amines is 1. The van der Waals surface area contributed by atoms with E-state index < -0.39 is 17.7 Å². The van der Waals surface area contributed by atoms with Gasteiger partial charge >= 0.3 is 0 Å². The van der Waals surface area contributed by atoms with Crippen LogP contribution in [0.3, 0.4) is 0 Å². The number of pyridine rings is 1. The number of para-hydroxylation sites is 2. The molecule has 0 aliphatic carbocycles. The molecule has 1 amide bonds. The molecular weight excluding hydrogens is 344 g/mol. The van der Waals surface area contributed by atoms with E-state index in [1.165, 1.54) is 4.90 Å². The molecule has 4 rings (SSSR count). The van der Waals surface area contributed by atoms with Crippen molar-refractivity contribution in [2.75, 3.05) is 4.90 Å². The number of aliphatic hydroxyl groups excluding tert-OH is 1. The minimum atomic E-state index is -0.839. The molecule has 3 aromatic rings. The van der Waals surface area contributed by atoms with Crippen molar-refractivity contribution in [2.45, 2.75) is 19.9 Å². The smallest absolute Gasteiger partial charge is 0.296 e. The molecule has 7 heteroatoms. The van der Waals surface area contributed by atoms with Crippen molar-refractivity contribution in [3.05, 3.63) is 65.7 Å². The minimum Gasteiger partial charge on any atom is -0.503 e. The van der Waals surface area contributed by atoms with Gasteiger partial charge < -0.3 is 10.1 Å². The van der Waals surface area contributed by atoms with Crippen LogP contribution in [0, 0.1) is 5.92 Å². The standard InChI is InChI=1S/C20H18N4O3/c1-11(2)17(25)15-16(14-9-5-6-10-21-14)24(19(27)18(15)26)20-22-12-7-3-4-8-13(12)23-20/h3-11,16,26H,1-2H3,(H,22,23). The number of imidazole rings is 1. The first-order valence-electron chi connectivity index (χ1n) is 8.65. The highest BCUT2D eigenvalue weighted by Gasteiger charge is 2.46. The number of fused-ring (bicyclic) bond motifs is 1. The number of nitrogens with zero attached hydrogens (tertiary/aromatic N) is 3. The van der Waals surface area contributed by atoms with Crippen molar-refractivity contribution < 1.29 is 14.7 Å². The van der Waals surface area contributed by atoms with Crippen LogP contribution in [0.15, 0.2) is 60.0 Å². The Morgan fingerprint density at radius 2 is 1.93 bits per heavy atom. The molecule has 1 atom stereocenters. The molecule has 0 fully saturated rings. The summed E-state index contributed by atoms with van der Waals surface area (Å²) in [6, 6.07) is 11.8. The number of hydrogen-bond donors (Lipinski definition) is 2. The van der Waals surface area contributed by atoms with E-state index in [2.05, 4.69) is 15.0 Å². The van der Waals surface area contributed by atoms with Crippen LogP contribution in [0.1, 0.15) is 25.6 Å². The second-order valence-electron chi connectivity index (χ2n) is 6.69. The average molecular weight is 362 g/mol. The Labute approximate surface area is 155 Å². The molecule has 0 spiro atoms. The number of amides is 1. The van der Waals surface area contributed by atoms with Gasteiger partial charge in [0.1, 0.15) is 6.04 Å². The molecular formula is C20H18N4O3. The Morgan fingerprint density at radius 1 is 1.19 bits per heavy atom. The summed E-state index contributed by atoms with van der Waals surface area (Å²) in [7, 11) is 0. The largest absolute Gasteiger partial charge is 0.503 e. The summed E-state index contributed by atoms with van der Waals surface area (Å²) in [5.74, 6) is -1.64. The molecule has 1 aromatic carbocycles. The van der Waals surface area contributed by atoms with Gasteiger partial charge in [0, 0.05) is 12.1 Å². The van der Waals surface area contributed by atoms with Crippen LogP contribution in [0.5, 0.6) is 0 Å². The van der Waals surface area contributed by atoms with E-state index in [-0.39, 0.29) is 23.2 Å². The zero-order chi connectivity index (χ0) is 19.1. The van der Waals surface area contributed by atoms with E-state index in [0.29, 0.717) is 11.2 Å². The summed E-state index contributed by atoms with van der Waals surface area (Å²) in [4.78, 5) is 38.8. The molecule has 7 nitrogen and oxygen atoms in total. The fourth-order valence-electron chi connectivity index (χ4n) is 3.26. The zero-order valence-corrected chi connectivity index (χ0v) is 14.9. The summed E-state index contributed by atoms with van der Waals surface area (Å²) in [6.45, 7) is 3.46. The normalized spacial score (nSPS) is 17.4. The van der Waals surface area contributed by atoms with Crippen LogP contribution >= 0.6 is 0 Å². The number of benzene rings is 1. The number of aromatic nitrogens is 3. The van der Waals surface area contributed by atoms with Gasteiger partial charge in [-0.2, -0.15) is 0 Å². The van der Waals surface area contributed by atoms with Crippen molar-refractivity contribution in [1.29, 1.82) is 0 Å². The number of Topliss-reactive ketones (excluding diaryl/α,β-unsaturated/α-hetero) is 1. The van der Waals surface area contributed by atoms with Crippen LogP contribution in [-0.4, -0.2) is 31.7 Å². The van der Waals surface area contributed by atoms with E-state index in [0.717, 1.165) is 5.52 Å². The third-order valence-electron chi connectivity index (χ3n) is 4.57. The Balaban J connectivity index is 1.90. The van der Waals surface area contributed by atoms with Crippen molar-refractivity contribution in [2.24, 2.45) is 5.92 Å². The average Bonchev–Trinajstić information content (AvgIpc) is 3.21. The second kappa shape index (κ2) is 6.35. The van der Waals surface area contributed by atoms with E-state index in [4.69, 9.17) is 0 Å². The van der Waals surface area contributed by atoms with Crippen LogP contribution < -0.4 is 4.90 Å². The lowest BCUT2D eigenvalue weighted by Gasteiger charge is -2.24. The highest BCUT2D eigenvalue weighted by atomic mass is 16.3. The Morgan fingerprint density at radius 3 is 2.59 bits per heavy atom. The maximum absolute atomic E-state index is 12.9. The van der Waals surface area contributed by atoms with Crippen LogP contribution in [0.2, 0.25) is 0 Å². The van der Waals surface area contributed by atoms with Gasteiger partial charge in [0.15, 0.2) is 11.5 Å². The Hall–Kier alpha value is -3.48. The lowest BCUT2D eigenvalue weighted by molar-refractivity contribution is -0.119. The lowest BCUT2D eigenvalue weighted by atomic mass is 9.93. The van der Waals surface area contributed by atoms with Crippen molar-refractivity contribution in [1.82, 2.24) is 15.0 Å². The van der Waals surface area contributed by atoms with Gasteiger partial charge in [-0.05, 0) is 24.3 Å². The number of carbonyl (C=O) groups excluding carboxylic acids is 2. The van der Waals surface area contributed by atoms with Gasteiger partial charge in [-0.1, -0.05) is 32.0 Å². The predicted octanol–water partition coefficient (Wildman–Crippen LogP) is 3.08. The molecule has 27 heavy (non-hydrogen) atoms. The second-order valence-corrected chi connectivity index (χ2v) is 6.69. The maximum atomic E-state index is 12.9. The Bertz CT molecular complexity index is 1040. The monoisotopic (exact) mass is 362 g/mol. The molecule has 2 aromatic heterocycles. The minimum absolute atomic E-state index is 0.0501. The molecule has 136 valence electrons. The first-order valence-corrected chi connectivity index (χ1v) is 8.65. The number of aliphatic hydroxyl groups is 1. The number of rotatable bonds is 4. The van der Waals surface area contributed by atoms with E-state index in [1.54, 1.807) is 38.2 Å². The van der Waals surface area contributed by atoms with Crippen LogP contribution in [-0.2, 0) is 9.59 Å². The molecule has 0 saturated carbocycles. The van der Waals surface area contributed by atoms with E-state index >= 15 is 0 Å². The van der Waals surface area contributed by atoms with Crippen molar-refractivity contribution >= 4 is 28.7 Å². The van der Waals surface area contributed by atoms with Gasteiger partial charge in [-0.15, -0.1) is 0 Å². The molecule has 2 N–H and O–H groups in total. The van der Waals surface area contributed by atoms with Gasteiger partial charge in [0.25, 0.3) is 5.91 Å². The van der Waals surface area contributed by atoms with Crippen LogP contribution in [0.4, 0.5) is 5.95 Å². The summed E-state index contributed by atoms with van der Waals surface area (Å²) >= 11 is 0. The molecule has 1 unspecified atom stereocenters. The highest BCUT2D eigenvalue weighted by Crippen LogP contribution is 2.40. The quantitative estimate of drug-likeness (QED) is 0.743. The summed E-state index contributed by atoms with van der Waals surface area (Å²) in [6.07, 6.45) is 1.59. The topological polar surface area (TPSA) is 99.2 Å². The van der Waals surface area contributed by atoms with E-state index in [9.17, 15) is 14.7 Å². The fraction of sp³-hybridized carbons (Fsp3) is 0.200. The van der Waals surface area contributed by atoms with Gasteiger partial charge in [-0.25, -0.2) is 4.98 Å². The molecule has 1 aliphatic heterocycles. The number of H-pyrrole nitrogens is 1.